The number of carbonyl (C=O) groups is 3. The van der Waals surface area contributed by atoms with E-state index in [4.69, 9.17) is 18.6 Å². The Labute approximate surface area is 429 Å². The smallest absolute Gasteiger partial charge is 0.423 e. The second-order valence-electron chi connectivity index (χ2n) is 17.7. The first-order chi connectivity index (χ1) is 35.8. The first kappa shape index (κ1) is 62.7. The van der Waals surface area contributed by atoms with Crippen LogP contribution in [0.1, 0.15) is 56.9 Å². The van der Waals surface area contributed by atoms with E-state index in [1.54, 1.807) is 0 Å². The fraction of sp³-hybridized carbons (Fsp3) is 0.682. The van der Waals surface area contributed by atoms with Crippen molar-refractivity contribution in [1.82, 2.24) is 36.3 Å². The Morgan fingerprint density at radius 1 is 0.688 bits per heavy atom. The number of urea groups is 1. The molecule has 0 bridgehead atoms. The Morgan fingerprint density at radius 2 is 1.26 bits per heavy atom. The van der Waals surface area contributed by atoms with Crippen molar-refractivity contribution in [3.63, 3.8) is 0 Å². The van der Waals surface area contributed by atoms with E-state index in [9.17, 15) is 93.8 Å². The van der Waals surface area contributed by atoms with E-state index in [1.165, 1.54) is 18.2 Å². The number of alkyl halides is 17. The SMILES string of the molecule is O=C(CCCC[C@@H]1SC[C@@H]2NC(=O)N[C@@H]21)NCCCOCCOCCOCCCNC(=O)Cc1cc(=O)oc2cc(-c3cn(CCCC(F)(F)C(F)(F)C(F)(F)C(F)(F)C(F)(F)C(F)(F)C(F)(F)C(F)(F)F)nn3)ccc12. The predicted octanol–water partition coefficient (Wildman–Crippen LogP) is 8.17. The molecule has 2 aromatic heterocycles. The lowest BCUT2D eigenvalue weighted by atomic mass is 9.88. The van der Waals surface area contributed by atoms with Gasteiger partial charge in [0, 0.05) is 73.7 Å². The Bertz CT molecular complexity index is 2540. The number of hydrogen-bond donors (Lipinski definition) is 4. The van der Waals surface area contributed by atoms with Crippen LogP contribution in [0.3, 0.4) is 0 Å². The molecule has 0 spiro atoms. The molecule has 3 atom stereocenters. The zero-order valence-electron chi connectivity index (χ0n) is 40.0. The van der Waals surface area contributed by atoms with Gasteiger partial charge in [-0.1, -0.05) is 23.8 Å². The second-order valence-corrected chi connectivity index (χ2v) is 19.0. The van der Waals surface area contributed by atoms with Crippen LogP contribution < -0.4 is 26.9 Å². The van der Waals surface area contributed by atoms with E-state index < -0.39 is 78.6 Å². The third-order valence-electron chi connectivity index (χ3n) is 12.1. The zero-order chi connectivity index (χ0) is 57.3. The molecule has 15 nitrogen and oxygen atoms in total. The van der Waals surface area contributed by atoms with Crippen LogP contribution in [-0.4, -0.2) is 156 Å². The van der Waals surface area contributed by atoms with Gasteiger partial charge in [-0.05, 0) is 43.7 Å². The Morgan fingerprint density at radius 3 is 1.87 bits per heavy atom. The van der Waals surface area contributed by atoms with Crippen molar-refractivity contribution in [2.75, 3.05) is 58.5 Å². The average molecular weight is 1160 g/mol. The van der Waals surface area contributed by atoms with E-state index in [-0.39, 0.29) is 84.6 Å². The maximum Gasteiger partial charge on any atom is 0.460 e. The van der Waals surface area contributed by atoms with Gasteiger partial charge in [-0.2, -0.15) is 86.4 Å². The van der Waals surface area contributed by atoms with Crippen LogP contribution >= 0.6 is 11.8 Å². The minimum absolute atomic E-state index is 0.0221. The molecule has 4 heterocycles. The minimum atomic E-state index is -8.71. The van der Waals surface area contributed by atoms with Crippen molar-refractivity contribution in [1.29, 1.82) is 0 Å². The number of nitrogens with zero attached hydrogens (tertiary/aromatic N) is 3. The summed E-state index contributed by atoms with van der Waals surface area (Å²) >= 11 is 1.84. The van der Waals surface area contributed by atoms with Gasteiger partial charge in [0.05, 0.1) is 51.1 Å². The van der Waals surface area contributed by atoms with Crippen molar-refractivity contribution >= 4 is 40.6 Å². The van der Waals surface area contributed by atoms with E-state index in [0.717, 1.165) is 37.3 Å². The average Bonchev–Trinajstić information content (AvgIpc) is 4.07. The lowest BCUT2D eigenvalue weighted by Gasteiger charge is -2.42. The van der Waals surface area contributed by atoms with Crippen LogP contribution in [0.5, 0.6) is 0 Å². The minimum Gasteiger partial charge on any atom is -0.423 e. The molecule has 1 aromatic carbocycles. The molecule has 4 N–H and O–H groups in total. The van der Waals surface area contributed by atoms with Crippen LogP contribution in [0.25, 0.3) is 22.2 Å². The van der Waals surface area contributed by atoms with Gasteiger partial charge >= 0.3 is 59.3 Å². The van der Waals surface area contributed by atoms with Gasteiger partial charge in [0.1, 0.15) is 11.3 Å². The van der Waals surface area contributed by atoms with Crippen molar-refractivity contribution in [2.45, 2.75) is 129 Å². The maximum absolute atomic E-state index is 14.4. The quantitative estimate of drug-likeness (QED) is 0.0204. The molecule has 33 heteroatoms. The van der Waals surface area contributed by atoms with Crippen molar-refractivity contribution in [3.05, 3.63) is 46.4 Å². The number of benzene rings is 1. The van der Waals surface area contributed by atoms with Crippen LogP contribution in [0.2, 0.25) is 0 Å². The lowest BCUT2D eigenvalue weighted by molar-refractivity contribution is -0.461. The highest BCUT2D eigenvalue weighted by atomic mass is 32.2. The molecule has 77 heavy (non-hydrogen) atoms. The summed E-state index contributed by atoms with van der Waals surface area (Å²) < 4.78 is 254. The highest BCUT2D eigenvalue weighted by Gasteiger charge is 2.95. The molecule has 3 aromatic rings. The van der Waals surface area contributed by atoms with Gasteiger partial charge in [-0.3, -0.25) is 14.3 Å². The number of hydrogen-bond acceptors (Lipinski definition) is 11. The number of aryl methyl sites for hydroxylation is 1. The van der Waals surface area contributed by atoms with Crippen LogP contribution in [0.4, 0.5) is 79.4 Å². The summed E-state index contributed by atoms with van der Waals surface area (Å²) in [6.45, 7) is 1.55. The Hall–Kier alpha value is -5.18. The fourth-order valence-corrected chi connectivity index (χ4v) is 9.38. The summed E-state index contributed by atoms with van der Waals surface area (Å²) in [6, 6.07) is 5.16. The second kappa shape index (κ2) is 25.3. The Kier molecular flexibility index (Phi) is 20.6. The summed E-state index contributed by atoms with van der Waals surface area (Å²) in [7, 11) is 0. The summed E-state index contributed by atoms with van der Waals surface area (Å²) in [6.07, 6.45) is -7.27. The molecule has 0 radical (unpaired) electrons. The molecular formula is C44H50F17N7O8S. The van der Waals surface area contributed by atoms with Gasteiger partial charge < -0.3 is 39.9 Å². The number of fused-ring (bicyclic) bond motifs is 2. The number of nitrogens with one attached hydrogen (secondary N) is 4. The number of ether oxygens (including phenoxy) is 3. The first-order valence-electron chi connectivity index (χ1n) is 23.4. The van der Waals surface area contributed by atoms with Gasteiger partial charge in [0.2, 0.25) is 11.8 Å². The van der Waals surface area contributed by atoms with Crippen molar-refractivity contribution in [2.24, 2.45) is 0 Å². The van der Waals surface area contributed by atoms with Crippen molar-refractivity contribution < 1.29 is 108 Å². The maximum atomic E-state index is 14.4. The fourth-order valence-electron chi connectivity index (χ4n) is 7.84. The molecule has 434 valence electrons. The highest BCUT2D eigenvalue weighted by Crippen LogP contribution is 2.64. The number of rotatable bonds is 32. The highest BCUT2D eigenvalue weighted by molar-refractivity contribution is 8.00. The number of carbonyl (C=O) groups excluding carboxylic acids is 3. The van der Waals surface area contributed by atoms with E-state index in [2.05, 4.69) is 31.6 Å². The topological polar surface area (TPSA) is 188 Å². The molecule has 2 saturated heterocycles. The summed E-state index contributed by atoms with van der Waals surface area (Å²) in [5.74, 6) is -56.5. The van der Waals surface area contributed by atoms with E-state index in [0.29, 0.717) is 55.6 Å². The van der Waals surface area contributed by atoms with Crippen LogP contribution in [-0.2, 0) is 36.8 Å². The summed E-state index contributed by atoms with van der Waals surface area (Å²) in [5, 5.41) is 19.1. The molecule has 2 aliphatic rings. The first-order valence-corrected chi connectivity index (χ1v) is 24.5. The number of halogens is 17. The molecule has 0 unspecified atom stereocenters. The molecule has 5 rings (SSSR count). The predicted molar refractivity (Wildman–Crippen MR) is 237 cm³/mol. The molecular weight excluding hydrogens is 1110 g/mol. The molecule has 0 aliphatic carbocycles. The van der Waals surface area contributed by atoms with Crippen molar-refractivity contribution in [3.8, 4) is 11.3 Å². The number of amides is 4. The van der Waals surface area contributed by atoms with E-state index in [1.807, 2.05) is 11.8 Å². The standard InChI is InChI=1S/C44H50F17N7O8S/c45-37(46,38(47,48)39(49,50)40(51,52)41(53,54)42(55,56)43(57,58)44(59,60)61)10-3-13-68-23-28(66-67-68)25-8-9-27-26(22-34(71)76-30(27)20-25)21-33(70)63-12-5-15-74-17-19-75-18-16-73-14-4-11-62-32(69)7-2-1-6-31-35-29(24-77-31)64-36(72)65-35/h8-9,20,22-23,29,31,35H,1-7,10-19,21,24H2,(H,62,69)(H,63,70)(H2,64,65,72)/t29-,31-,35-/m0/s1. The van der Waals surface area contributed by atoms with Crippen LogP contribution in [0.15, 0.2) is 39.7 Å². The van der Waals surface area contributed by atoms with Gasteiger partial charge in [-0.25, -0.2) is 9.59 Å². The van der Waals surface area contributed by atoms with Gasteiger partial charge in [0.25, 0.3) is 0 Å². The summed E-state index contributed by atoms with van der Waals surface area (Å²) in [5.41, 5.74) is -0.897. The molecule has 4 amide bonds. The largest absolute Gasteiger partial charge is 0.460 e. The van der Waals surface area contributed by atoms with Crippen LogP contribution in [0, 0.1) is 0 Å². The summed E-state index contributed by atoms with van der Waals surface area (Å²) in [4.78, 5) is 48.7. The normalized spacial score (nSPS) is 17.9. The van der Waals surface area contributed by atoms with Gasteiger partial charge in [-0.15, -0.1) is 5.10 Å². The molecule has 2 aliphatic heterocycles. The van der Waals surface area contributed by atoms with E-state index >= 15 is 0 Å². The zero-order valence-corrected chi connectivity index (χ0v) is 40.8. The molecule has 0 saturated carbocycles. The monoisotopic (exact) mass is 1160 g/mol. The molecule has 2 fully saturated rings. The van der Waals surface area contributed by atoms with Gasteiger partial charge in [0.15, 0.2) is 0 Å². The third kappa shape index (κ3) is 14.4. The number of aromatic nitrogens is 3. The third-order valence-corrected chi connectivity index (χ3v) is 13.6. The number of thioether (sulfide) groups is 1. The number of unbranched alkanes of at least 4 members (excludes halogenated alkanes) is 1. The Balaban J connectivity index is 0.957. The lowest BCUT2D eigenvalue weighted by Crippen LogP contribution is -2.74.